The third-order valence-corrected chi connectivity index (χ3v) is 3.23. The molecule has 1 unspecified atom stereocenters. The quantitative estimate of drug-likeness (QED) is 0.778. The van der Waals surface area contributed by atoms with Crippen LogP contribution < -0.4 is 0 Å². The molecule has 0 radical (unpaired) electrons. The van der Waals surface area contributed by atoms with E-state index in [2.05, 4.69) is 15.5 Å². The Hall–Kier alpha value is -2.47. The lowest BCUT2D eigenvalue weighted by Crippen LogP contribution is -1.99. The Labute approximate surface area is 122 Å². The molecule has 0 aliphatic heterocycles. The van der Waals surface area contributed by atoms with E-state index in [0.29, 0.717) is 24.4 Å². The predicted octanol–water partition coefficient (Wildman–Crippen LogP) is 2.42. The SMILES string of the molecule is CCC(O)c1cn(Cc2cc(-c3ccccc3)no2)nn1. The molecule has 0 amide bonds. The highest BCUT2D eigenvalue weighted by Gasteiger charge is 2.12. The maximum absolute atomic E-state index is 9.71. The topological polar surface area (TPSA) is 77.0 Å². The van der Waals surface area contributed by atoms with Crippen LogP contribution in [-0.2, 0) is 6.54 Å². The maximum Gasteiger partial charge on any atom is 0.158 e. The van der Waals surface area contributed by atoms with Crippen LogP contribution in [0.4, 0.5) is 0 Å². The molecule has 2 aromatic heterocycles. The lowest BCUT2D eigenvalue weighted by molar-refractivity contribution is 0.168. The molecule has 3 aromatic rings. The van der Waals surface area contributed by atoms with Gasteiger partial charge >= 0.3 is 0 Å². The van der Waals surface area contributed by atoms with Gasteiger partial charge in [-0.25, -0.2) is 4.68 Å². The monoisotopic (exact) mass is 284 g/mol. The first-order valence-electron chi connectivity index (χ1n) is 6.85. The summed E-state index contributed by atoms with van der Waals surface area (Å²) in [5.41, 5.74) is 2.37. The lowest BCUT2D eigenvalue weighted by Gasteiger charge is -2.00. The van der Waals surface area contributed by atoms with Crippen LogP contribution in [0.25, 0.3) is 11.3 Å². The van der Waals surface area contributed by atoms with Gasteiger partial charge in [-0.15, -0.1) is 5.10 Å². The van der Waals surface area contributed by atoms with Crippen molar-refractivity contribution in [3.05, 3.63) is 54.0 Å². The molecule has 0 saturated heterocycles. The molecule has 6 heteroatoms. The summed E-state index contributed by atoms with van der Waals surface area (Å²) < 4.78 is 6.95. The van der Waals surface area contributed by atoms with E-state index in [-0.39, 0.29) is 0 Å². The number of hydrogen-bond acceptors (Lipinski definition) is 5. The summed E-state index contributed by atoms with van der Waals surface area (Å²) in [6.07, 6.45) is 1.76. The fraction of sp³-hybridized carbons (Fsp3) is 0.267. The van der Waals surface area contributed by atoms with Crippen molar-refractivity contribution >= 4 is 0 Å². The largest absolute Gasteiger partial charge is 0.387 e. The summed E-state index contributed by atoms with van der Waals surface area (Å²) in [6, 6.07) is 11.7. The van der Waals surface area contributed by atoms with Gasteiger partial charge in [-0.1, -0.05) is 47.6 Å². The van der Waals surface area contributed by atoms with E-state index >= 15 is 0 Å². The van der Waals surface area contributed by atoms with E-state index in [1.54, 1.807) is 10.9 Å². The van der Waals surface area contributed by atoms with Crippen LogP contribution in [0, 0.1) is 0 Å². The zero-order chi connectivity index (χ0) is 14.7. The molecule has 0 aliphatic carbocycles. The van der Waals surface area contributed by atoms with Crippen molar-refractivity contribution in [2.45, 2.75) is 26.0 Å². The van der Waals surface area contributed by atoms with Crippen molar-refractivity contribution in [2.24, 2.45) is 0 Å². The number of rotatable bonds is 5. The normalized spacial score (nSPS) is 12.5. The summed E-state index contributed by atoms with van der Waals surface area (Å²) in [7, 11) is 0. The standard InChI is InChI=1S/C15H16N4O2/c1-2-15(20)14-10-19(18-16-14)9-12-8-13(17-21-12)11-6-4-3-5-7-11/h3-8,10,15,20H,2,9H2,1H3. The average molecular weight is 284 g/mol. The van der Waals surface area contributed by atoms with Gasteiger partial charge in [-0.2, -0.15) is 0 Å². The Bertz CT molecular complexity index is 705. The molecule has 1 aromatic carbocycles. The highest BCUT2D eigenvalue weighted by Crippen LogP contribution is 2.19. The summed E-state index contributed by atoms with van der Waals surface area (Å²) >= 11 is 0. The molecular weight excluding hydrogens is 268 g/mol. The molecule has 0 bridgehead atoms. The maximum atomic E-state index is 9.71. The highest BCUT2D eigenvalue weighted by atomic mass is 16.5. The number of aromatic nitrogens is 4. The Balaban J connectivity index is 1.74. The molecule has 0 spiro atoms. The van der Waals surface area contributed by atoms with Crippen molar-refractivity contribution in [3.8, 4) is 11.3 Å². The molecule has 0 fully saturated rings. The first-order valence-corrected chi connectivity index (χ1v) is 6.85. The van der Waals surface area contributed by atoms with Crippen LogP contribution >= 0.6 is 0 Å². The third kappa shape index (κ3) is 3.00. The van der Waals surface area contributed by atoms with Crippen molar-refractivity contribution < 1.29 is 9.63 Å². The second-order valence-electron chi connectivity index (χ2n) is 4.81. The Morgan fingerprint density at radius 3 is 2.86 bits per heavy atom. The fourth-order valence-electron chi connectivity index (χ4n) is 2.04. The molecular formula is C15H16N4O2. The fourth-order valence-corrected chi connectivity index (χ4v) is 2.04. The summed E-state index contributed by atoms with van der Waals surface area (Å²) in [5.74, 6) is 0.691. The number of aliphatic hydroxyl groups excluding tert-OH is 1. The van der Waals surface area contributed by atoms with Gasteiger partial charge in [0, 0.05) is 11.6 Å². The smallest absolute Gasteiger partial charge is 0.158 e. The van der Waals surface area contributed by atoms with Gasteiger partial charge in [0.25, 0.3) is 0 Å². The van der Waals surface area contributed by atoms with Gasteiger partial charge in [-0.3, -0.25) is 0 Å². The van der Waals surface area contributed by atoms with Crippen LogP contribution in [0.3, 0.4) is 0 Å². The van der Waals surface area contributed by atoms with E-state index in [9.17, 15) is 5.11 Å². The van der Waals surface area contributed by atoms with E-state index < -0.39 is 6.10 Å². The van der Waals surface area contributed by atoms with Crippen LogP contribution in [0.5, 0.6) is 0 Å². The van der Waals surface area contributed by atoms with Crippen molar-refractivity contribution in [2.75, 3.05) is 0 Å². The summed E-state index contributed by atoms with van der Waals surface area (Å²) in [4.78, 5) is 0. The minimum absolute atomic E-state index is 0.434. The summed E-state index contributed by atoms with van der Waals surface area (Å²) in [6.45, 7) is 2.33. The van der Waals surface area contributed by atoms with E-state index in [0.717, 1.165) is 11.3 Å². The first kappa shape index (κ1) is 13.5. The van der Waals surface area contributed by atoms with Crippen LogP contribution in [0.15, 0.2) is 47.1 Å². The molecule has 1 atom stereocenters. The molecule has 6 nitrogen and oxygen atoms in total. The molecule has 108 valence electrons. The van der Waals surface area contributed by atoms with Gasteiger partial charge in [0.2, 0.25) is 0 Å². The summed E-state index contributed by atoms with van der Waals surface area (Å²) in [5, 5.41) is 21.7. The van der Waals surface area contributed by atoms with Crippen LogP contribution in [0.2, 0.25) is 0 Å². The van der Waals surface area contributed by atoms with Crippen LogP contribution in [-0.4, -0.2) is 25.3 Å². The second-order valence-corrected chi connectivity index (χ2v) is 4.81. The molecule has 2 heterocycles. The van der Waals surface area contributed by atoms with E-state index in [1.807, 2.05) is 43.3 Å². The first-order chi connectivity index (χ1) is 10.3. The number of benzene rings is 1. The van der Waals surface area contributed by atoms with Crippen LogP contribution in [0.1, 0.15) is 30.9 Å². The number of aliphatic hydroxyl groups is 1. The number of hydrogen-bond donors (Lipinski definition) is 1. The van der Waals surface area contributed by atoms with Crippen molar-refractivity contribution in [1.82, 2.24) is 20.2 Å². The zero-order valence-corrected chi connectivity index (χ0v) is 11.7. The Morgan fingerprint density at radius 1 is 1.29 bits per heavy atom. The molecule has 0 aliphatic rings. The third-order valence-electron chi connectivity index (χ3n) is 3.23. The highest BCUT2D eigenvalue weighted by molar-refractivity contribution is 5.58. The molecule has 3 rings (SSSR count). The second kappa shape index (κ2) is 5.88. The van der Waals surface area contributed by atoms with Gasteiger partial charge in [0.15, 0.2) is 5.76 Å². The number of nitrogens with zero attached hydrogens (tertiary/aromatic N) is 4. The van der Waals surface area contributed by atoms with Gasteiger partial charge in [0.05, 0.1) is 12.3 Å². The van der Waals surface area contributed by atoms with Crippen molar-refractivity contribution in [3.63, 3.8) is 0 Å². The lowest BCUT2D eigenvalue weighted by atomic mass is 10.1. The minimum Gasteiger partial charge on any atom is -0.387 e. The predicted molar refractivity (Wildman–Crippen MR) is 76.3 cm³/mol. The van der Waals surface area contributed by atoms with E-state index in [1.165, 1.54) is 0 Å². The molecule has 0 saturated carbocycles. The van der Waals surface area contributed by atoms with E-state index in [4.69, 9.17) is 4.52 Å². The molecule has 21 heavy (non-hydrogen) atoms. The van der Waals surface area contributed by atoms with Gasteiger partial charge in [0.1, 0.15) is 17.9 Å². The minimum atomic E-state index is -0.576. The Morgan fingerprint density at radius 2 is 2.10 bits per heavy atom. The Kier molecular flexibility index (Phi) is 3.79. The zero-order valence-electron chi connectivity index (χ0n) is 11.7. The molecule has 1 N–H and O–H groups in total. The van der Waals surface area contributed by atoms with Gasteiger partial charge < -0.3 is 9.63 Å². The average Bonchev–Trinajstić information content (AvgIpc) is 3.17. The van der Waals surface area contributed by atoms with Crippen molar-refractivity contribution in [1.29, 1.82) is 0 Å². The van der Waals surface area contributed by atoms with Gasteiger partial charge in [-0.05, 0) is 6.42 Å².